The van der Waals surface area contributed by atoms with E-state index in [2.05, 4.69) is 4.90 Å². The fraction of sp³-hybridized carbons (Fsp3) is 0.455. The van der Waals surface area contributed by atoms with Gasteiger partial charge in [0, 0.05) is 19.6 Å². The molecule has 1 fully saturated rings. The van der Waals surface area contributed by atoms with Crippen molar-refractivity contribution >= 4 is 25.0 Å². The number of nitrogens with zero attached hydrogens (tertiary/aromatic N) is 1. The highest BCUT2D eigenvalue weighted by molar-refractivity contribution is 6.59. The maximum atomic E-state index is 13.0. The predicted octanol–water partition coefficient (Wildman–Crippen LogP) is -0.241. The number of ether oxygens (including phenoxy) is 1. The van der Waals surface area contributed by atoms with E-state index in [1.54, 1.807) is 6.07 Å². The van der Waals surface area contributed by atoms with Crippen LogP contribution < -0.4 is 5.46 Å². The molecular weight excluding hydrogens is 259 g/mol. The third-order valence-electron chi connectivity index (χ3n) is 2.88. The zero-order valence-corrected chi connectivity index (χ0v) is 10.7. The van der Waals surface area contributed by atoms with E-state index >= 15 is 0 Å². The summed E-state index contributed by atoms with van der Waals surface area (Å²) in [6, 6.07) is 4.10. The second kappa shape index (κ2) is 7.06. The first-order valence-corrected chi connectivity index (χ1v) is 5.61. The highest BCUT2D eigenvalue weighted by Gasteiger charge is 2.19. The smallest absolute Gasteiger partial charge is 0.423 e. The molecular formula is C11H16BClFNO3. The zero-order chi connectivity index (χ0) is 12.3. The molecule has 0 radical (unpaired) electrons. The largest absolute Gasteiger partial charge is 0.488 e. The molecule has 100 valence electrons. The molecule has 0 atom stereocenters. The molecule has 1 aromatic rings. The van der Waals surface area contributed by atoms with Crippen LogP contribution in [0.1, 0.15) is 5.56 Å². The molecule has 18 heavy (non-hydrogen) atoms. The minimum atomic E-state index is -1.64. The SMILES string of the molecule is Cl.OB(O)c1cc(F)ccc1CN1CCOCC1. The van der Waals surface area contributed by atoms with Crippen LogP contribution in [0.2, 0.25) is 0 Å². The maximum absolute atomic E-state index is 13.0. The lowest BCUT2D eigenvalue weighted by atomic mass is 9.77. The maximum Gasteiger partial charge on any atom is 0.488 e. The van der Waals surface area contributed by atoms with Crippen molar-refractivity contribution in [2.24, 2.45) is 0 Å². The van der Waals surface area contributed by atoms with Crippen LogP contribution in [-0.4, -0.2) is 48.4 Å². The Morgan fingerprint density at radius 2 is 1.94 bits per heavy atom. The van der Waals surface area contributed by atoms with E-state index in [1.165, 1.54) is 12.1 Å². The molecule has 1 saturated heterocycles. The van der Waals surface area contributed by atoms with Gasteiger partial charge >= 0.3 is 7.12 Å². The predicted molar refractivity (Wildman–Crippen MR) is 69.6 cm³/mol. The van der Waals surface area contributed by atoms with E-state index in [1.807, 2.05) is 0 Å². The van der Waals surface area contributed by atoms with Gasteiger partial charge in [-0.3, -0.25) is 4.90 Å². The molecule has 0 amide bonds. The molecule has 2 N–H and O–H groups in total. The molecule has 4 nitrogen and oxygen atoms in total. The molecule has 2 rings (SSSR count). The van der Waals surface area contributed by atoms with Gasteiger partial charge in [0.15, 0.2) is 0 Å². The van der Waals surface area contributed by atoms with Crippen molar-refractivity contribution in [2.75, 3.05) is 26.3 Å². The topological polar surface area (TPSA) is 52.9 Å². The van der Waals surface area contributed by atoms with Gasteiger partial charge in [-0.05, 0) is 23.2 Å². The Morgan fingerprint density at radius 3 is 2.56 bits per heavy atom. The minimum Gasteiger partial charge on any atom is -0.423 e. The molecule has 0 spiro atoms. The van der Waals surface area contributed by atoms with Crippen molar-refractivity contribution < 1.29 is 19.2 Å². The van der Waals surface area contributed by atoms with Crippen LogP contribution in [0.15, 0.2) is 18.2 Å². The van der Waals surface area contributed by atoms with Crippen molar-refractivity contribution in [1.29, 1.82) is 0 Å². The first-order valence-electron chi connectivity index (χ1n) is 5.61. The lowest BCUT2D eigenvalue weighted by molar-refractivity contribution is 0.0343. The lowest BCUT2D eigenvalue weighted by Gasteiger charge is -2.27. The molecule has 7 heteroatoms. The fourth-order valence-electron chi connectivity index (χ4n) is 1.95. The summed E-state index contributed by atoms with van der Waals surface area (Å²) in [4.78, 5) is 2.14. The number of rotatable bonds is 3. The average Bonchev–Trinajstić information content (AvgIpc) is 2.32. The van der Waals surface area contributed by atoms with E-state index in [9.17, 15) is 14.4 Å². The first-order chi connectivity index (χ1) is 8.16. The number of hydrogen-bond donors (Lipinski definition) is 2. The van der Waals surface area contributed by atoms with Crippen LogP contribution in [0.3, 0.4) is 0 Å². The number of hydrogen-bond acceptors (Lipinski definition) is 4. The Hall–Kier alpha value is -0.655. The Bertz CT molecular complexity index is 389. The van der Waals surface area contributed by atoms with Crippen molar-refractivity contribution in [2.45, 2.75) is 6.54 Å². The third kappa shape index (κ3) is 3.93. The molecule has 1 heterocycles. The Kier molecular flexibility index (Phi) is 6.04. The van der Waals surface area contributed by atoms with Crippen molar-refractivity contribution in [3.8, 4) is 0 Å². The standard InChI is InChI=1S/C11H15BFNO3.ClH/c13-10-2-1-9(11(7-10)12(15)16)8-14-3-5-17-6-4-14;/h1-2,7,15-16H,3-6,8H2;1H. The fourth-order valence-corrected chi connectivity index (χ4v) is 1.95. The molecule has 0 aliphatic carbocycles. The summed E-state index contributed by atoms with van der Waals surface area (Å²) in [5, 5.41) is 18.4. The van der Waals surface area contributed by atoms with E-state index in [0.717, 1.165) is 18.7 Å². The zero-order valence-electron chi connectivity index (χ0n) is 9.88. The monoisotopic (exact) mass is 275 g/mol. The van der Waals surface area contributed by atoms with Gasteiger partial charge in [-0.1, -0.05) is 6.07 Å². The minimum absolute atomic E-state index is 0. The van der Waals surface area contributed by atoms with Crippen LogP contribution in [0.4, 0.5) is 4.39 Å². The summed E-state index contributed by atoms with van der Waals surface area (Å²) in [7, 11) is -1.64. The number of halogens is 2. The number of morpholine rings is 1. The summed E-state index contributed by atoms with van der Waals surface area (Å²) in [5.74, 6) is -0.459. The van der Waals surface area contributed by atoms with Gasteiger partial charge in [-0.15, -0.1) is 12.4 Å². The quantitative estimate of drug-likeness (QED) is 0.748. The van der Waals surface area contributed by atoms with Crippen LogP contribution in [-0.2, 0) is 11.3 Å². The van der Waals surface area contributed by atoms with Gasteiger partial charge < -0.3 is 14.8 Å². The summed E-state index contributed by atoms with van der Waals surface area (Å²) in [5.41, 5.74) is 0.972. The van der Waals surface area contributed by atoms with Crippen molar-refractivity contribution in [3.05, 3.63) is 29.6 Å². The molecule has 1 aromatic carbocycles. The number of benzene rings is 1. The van der Waals surface area contributed by atoms with Crippen LogP contribution >= 0.6 is 12.4 Å². The molecule has 1 aliphatic rings. The van der Waals surface area contributed by atoms with Gasteiger partial charge in [0.1, 0.15) is 5.82 Å². The Morgan fingerprint density at radius 1 is 1.28 bits per heavy atom. The molecule has 1 aliphatic heterocycles. The van der Waals surface area contributed by atoms with E-state index in [0.29, 0.717) is 19.8 Å². The third-order valence-corrected chi connectivity index (χ3v) is 2.88. The van der Waals surface area contributed by atoms with Crippen LogP contribution in [0.5, 0.6) is 0 Å². The summed E-state index contributed by atoms with van der Waals surface area (Å²) in [6.45, 7) is 3.55. The highest BCUT2D eigenvalue weighted by Crippen LogP contribution is 2.07. The van der Waals surface area contributed by atoms with E-state index in [4.69, 9.17) is 4.74 Å². The van der Waals surface area contributed by atoms with Crippen molar-refractivity contribution in [3.63, 3.8) is 0 Å². The first kappa shape index (κ1) is 15.4. The normalized spacial score (nSPS) is 16.2. The van der Waals surface area contributed by atoms with Crippen LogP contribution in [0.25, 0.3) is 0 Å². The van der Waals surface area contributed by atoms with E-state index < -0.39 is 12.9 Å². The second-order valence-corrected chi connectivity index (χ2v) is 4.11. The molecule has 0 aromatic heterocycles. The van der Waals surface area contributed by atoms with Crippen LogP contribution in [0, 0.1) is 5.82 Å². The lowest BCUT2D eigenvalue weighted by Crippen LogP contribution is -2.40. The van der Waals surface area contributed by atoms with Crippen molar-refractivity contribution in [1.82, 2.24) is 4.90 Å². The van der Waals surface area contributed by atoms with Gasteiger partial charge in [0.25, 0.3) is 0 Å². The van der Waals surface area contributed by atoms with Gasteiger partial charge in [-0.2, -0.15) is 0 Å². The van der Waals surface area contributed by atoms with E-state index in [-0.39, 0.29) is 17.9 Å². The molecule has 0 saturated carbocycles. The Balaban J connectivity index is 0.00000162. The van der Waals surface area contributed by atoms with Gasteiger partial charge in [0.05, 0.1) is 13.2 Å². The summed E-state index contributed by atoms with van der Waals surface area (Å²) >= 11 is 0. The van der Waals surface area contributed by atoms with Gasteiger partial charge in [0.2, 0.25) is 0 Å². The van der Waals surface area contributed by atoms with Gasteiger partial charge in [-0.25, -0.2) is 4.39 Å². The summed E-state index contributed by atoms with van der Waals surface area (Å²) in [6.07, 6.45) is 0. The highest BCUT2D eigenvalue weighted by atomic mass is 35.5. The Labute approximate surface area is 112 Å². The molecule has 0 bridgehead atoms. The molecule has 0 unspecified atom stereocenters. The average molecular weight is 276 g/mol. The second-order valence-electron chi connectivity index (χ2n) is 4.11. The summed E-state index contributed by atoms with van der Waals surface area (Å²) < 4.78 is 18.3.